The number of nitrogens with one attached hydrogen (secondary N) is 1. The molecule has 4 heterocycles. The van der Waals surface area contributed by atoms with Crippen LogP contribution < -0.4 is 4.74 Å². The lowest BCUT2D eigenvalue weighted by Gasteiger charge is -2.35. The van der Waals surface area contributed by atoms with Gasteiger partial charge in [0.2, 0.25) is 0 Å². The fourth-order valence-corrected chi connectivity index (χ4v) is 5.49. The maximum Gasteiger partial charge on any atom is 0.260 e. The number of benzene rings is 2. The van der Waals surface area contributed by atoms with Crippen molar-refractivity contribution in [3.8, 4) is 17.0 Å². The summed E-state index contributed by atoms with van der Waals surface area (Å²) in [6, 6.07) is 16.2. The highest BCUT2D eigenvalue weighted by Gasteiger charge is 2.34. The van der Waals surface area contributed by atoms with Crippen LogP contribution in [0.1, 0.15) is 30.9 Å². The number of fused-ring (bicyclic) bond motifs is 4. The van der Waals surface area contributed by atoms with E-state index in [9.17, 15) is 9.90 Å². The smallest absolute Gasteiger partial charge is 0.260 e. The van der Waals surface area contributed by atoms with Crippen molar-refractivity contribution < 1.29 is 14.6 Å². The SMILES string of the molecule is O=C(COc1ccc2[nH]ccc2c1)N1CCC(C(O)CC2c3ccccc3-c3cncn32)CC1. The van der Waals surface area contributed by atoms with Gasteiger partial charge >= 0.3 is 0 Å². The van der Waals surface area contributed by atoms with Gasteiger partial charge in [-0.05, 0) is 55.0 Å². The van der Waals surface area contributed by atoms with E-state index in [-0.39, 0.29) is 24.5 Å². The van der Waals surface area contributed by atoms with E-state index in [1.54, 1.807) is 0 Å². The lowest BCUT2D eigenvalue weighted by Crippen LogP contribution is -2.43. The summed E-state index contributed by atoms with van der Waals surface area (Å²) in [6.45, 7) is 1.34. The molecule has 2 aromatic heterocycles. The average molecular weight is 457 g/mol. The van der Waals surface area contributed by atoms with E-state index in [1.165, 1.54) is 11.1 Å². The topological polar surface area (TPSA) is 83.4 Å². The number of hydrogen-bond donors (Lipinski definition) is 2. The Morgan fingerprint density at radius 3 is 2.91 bits per heavy atom. The van der Waals surface area contributed by atoms with Crippen molar-refractivity contribution in [3.05, 3.63) is 72.8 Å². The van der Waals surface area contributed by atoms with Crippen LogP contribution >= 0.6 is 0 Å². The van der Waals surface area contributed by atoms with Gasteiger partial charge in [0.15, 0.2) is 6.61 Å². The molecule has 1 amide bonds. The van der Waals surface area contributed by atoms with Crippen LogP contribution in [0.3, 0.4) is 0 Å². The van der Waals surface area contributed by atoms with Crippen molar-refractivity contribution in [2.75, 3.05) is 19.7 Å². The molecule has 7 heteroatoms. The van der Waals surface area contributed by atoms with E-state index in [1.807, 2.05) is 54.0 Å². The fraction of sp³-hybridized carbons (Fsp3) is 0.333. The highest BCUT2D eigenvalue weighted by atomic mass is 16.5. The van der Waals surface area contributed by atoms with Gasteiger partial charge in [0.1, 0.15) is 5.75 Å². The summed E-state index contributed by atoms with van der Waals surface area (Å²) in [5.74, 6) is 0.872. The molecule has 2 unspecified atom stereocenters. The summed E-state index contributed by atoms with van der Waals surface area (Å²) >= 11 is 0. The molecule has 174 valence electrons. The molecule has 1 fully saturated rings. The standard InChI is InChI=1S/C27H28N4O3/c32-26(14-24-21-3-1-2-4-22(21)25-15-28-17-31(24)25)18-8-11-30(12-9-18)27(33)16-34-20-5-6-23-19(13-20)7-10-29-23/h1-7,10,13,15,17-18,24,26,29,32H,8-9,11-12,14,16H2. The number of likely N-dealkylation sites (tertiary alicyclic amines) is 1. The summed E-state index contributed by atoms with van der Waals surface area (Å²) < 4.78 is 7.93. The largest absolute Gasteiger partial charge is 0.484 e. The van der Waals surface area contributed by atoms with E-state index >= 15 is 0 Å². The molecule has 2 aliphatic rings. The van der Waals surface area contributed by atoms with Crippen LogP contribution in [0, 0.1) is 5.92 Å². The molecule has 0 spiro atoms. The van der Waals surface area contributed by atoms with Crippen LogP contribution in [0.4, 0.5) is 0 Å². The summed E-state index contributed by atoms with van der Waals surface area (Å²) in [4.78, 5) is 22.0. The summed E-state index contributed by atoms with van der Waals surface area (Å²) in [5, 5.41) is 12.2. The van der Waals surface area contributed by atoms with Crippen molar-refractivity contribution in [2.24, 2.45) is 5.92 Å². The van der Waals surface area contributed by atoms with E-state index in [0.29, 0.717) is 25.3 Å². The normalized spacial score (nSPS) is 18.6. The predicted octanol–water partition coefficient (Wildman–Crippen LogP) is 4.00. The zero-order chi connectivity index (χ0) is 23.1. The van der Waals surface area contributed by atoms with Crippen LogP contribution in [0.25, 0.3) is 22.2 Å². The Balaban J connectivity index is 1.03. The number of rotatable bonds is 6. The number of aliphatic hydroxyl groups excluding tert-OH is 1. The summed E-state index contributed by atoms with van der Waals surface area (Å²) in [7, 11) is 0. The maximum atomic E-state index is 12.7. The van der Waals surface area contributed by atoms with Crippen molar-refractivity contribution in [2.45, 2.75) is 31.4 Å². The highest BCUT2D eigenvalue weighted by Crippen LogP contribution is 2.42. The van der Waals surface area contributed by atoms with Crippen LogP contribution in [0.15, 0.2) is 67.3 Å². The van der Waals surface area contributed by atoms with Gasteiger partial charge in [0.25, 0.3) is 5.91 Å². The molecular weight excluding hydrogens is 428 g/mol. The summed E-state index contributed by atoms with van der Waals surface area (Å²) in [6.07, 6.45) is 7.48. The fourth-order valence-electron chi connectivity index (χ4n) is 5.49. The van der Waals surface area contributed by atoms with Gasteiger partial charge < -0.3 is 24.3 Å². The molecule has 2 N–H and O–H groups in total. The highest BCUT2D eigenvalue weighted by molar-refractivity contribution is 5.81. The van der Waals surface area contributed by atoms with Crippen LogP contribution in [-0.2, 0) is 4.79 Å². The number of carbonyl (C=O) groups is 1. The predicted molar refractivity (Wildman–Crippen MR) is 130 cm³/mol. The second-order valence-electron chi connectivity index (χ2n) is 9.33. The number of H-pyrrole nitrogens is 1. The van der Waals surface area contributed by atoms with Gasteiger partial charge in [-0.25, -0.2) is 4.98 Å². The van der Waals surface area contributed by atoms with Crippen molar-refractivity contribution in [3.63, 3.8) is 0 Å². The first-order chi connectivity index (χ1) is 16.7. The van der Waals surface area contributed by atoms with Crippen molar-refractivity contribution >= 4 is 16.8 Å². The molecule has 0 bridgehead atoms. The first-order valence-corrected chi connectivity index (χ1v) is 11.9. The molecule has 2 aliphatic heterocycles. The number of amides is 1. The Hall–Kier alpha value is -3.58. The first-order valence-electron chi connectivity index (χ1n) is 11.9. The monoisotopic (exact) mass is 456 g/mol. The van der Waals surface area contributed by atoms with E-state index in [0.717, 1.165) is 29.4 Å². The van der Waals surface area contributed by atoms with Crippen LogP contribution in [0.5, 0.6) is 5.75 Å². The molecule has 1 saturated heterocycles. The molecule has 34 heavy (non-hydrogen) atoms. The molecule has 0 saturated carbocycles. The molecular formula is C27H28N4O3. The second kappa shape index (κ2) is 8.65. The zero-order valence-electron chi connectivity index (χ0n) is 18.9. The zero-order valence-corrected chi connectivity index (χ0v) is 18.9. The molecule has 4 aromatic rings. The number of hydrogen-bond acceptors (Lipinski definition) is 4. The van der Waals surface area contributed by atoms with Crippen molar-refractivity contribution in [1.29, 1.82) is 0 Å². The summed E-state index contributed by atoms with van der Waals surface area (Å²) in [5.41, 5.74) is 4.61. The third-order valence-corrected chi connectivity index (χ3v) is 7.39. The Bertz CT molecular complexity index is 1320. The Kier molecular flexibility index (Phi) is 5.34. The van der Waals surface area contributed by atoms with Gasteiger partial charge in [-0.1, -0.05) is 24.3 Å². The maximum absolute atomic E-state index is 12.7. The molecule has 0 radical (unpaired) electrons. The Morgan fingerprint density at radius 1 is 1.18 bits per heavy atom. The lowest BCUT2D eigenvalue weighted by molar-refractivity contribution is -0.135. The number of piperidine rings is 1. The number of aromatic nitrogens is 3. The van der Waals surface area contributed by atoms with Gasteiger partial charge in [-0.2, -0.15) is 0 Å². The Morgan fingerprint density at radius 2 is 2.03 bits per heavy atom. The van der Waals surface area contributed by atoms with E-state index < -0.39 is 6.10 Å². The number of nitrogens with zero attached hydrogens (tertiary/aromatic N) is 3. The van der Waals surface area contributed by atoms with Gasteiger partial charge in [0, 0.05) is 35.8 Å². The molecule has 0 aliphatic carbocycles. The minimum atomic E-state index is -0.423. The second-order valence-corrected chi connectivity index (χ2v) is 9.33. The third-order valence-electron chi connectivity index (χ3n) is 7.39. The number of aromatic amines is 1. The van der Waals surface area contributed by atoms with Crippen LogP contribution in [-0.4, -0.2) is 56.2 Å². The van der Waals surface area contributed by atoms with Gasteiger partial charge in [0.05, 0.1) is 30.4 Å². The van der Waals surface area contributed by atoms with Gasteiger partial charge in [-0.3, -0.25) is 4.79 Å². The molecule has 2 atom stereocenters. The molecule has 6 rings (SSSR count). The van der Waals surface area contributed by atoms with Crippen LogP contribution in [0.2, 0.25) is 0 Å². The number of imidazole rings is 1. The number of aliphatic hydroxyl groups is 1. The van der Waals surface area contributed by atoms with Crippen molar-refractivity contribution in [1.82, 2.24) is 19.4 Å². The van der Waals surface area contributed by atoms with Gasteiger partial charge in [-0.15, -0.1) is 0 Å². The van der Waals surface area contributed by atoms with E-state index in [2.05, 4.69) is 32.7 Å². The minimum Gasteiger partial charge on any atom is -0.484 e. The average Bonchev–Trinajstić information content (AvgIpc) is 3.60. The molecule has 2 aromatic carbocycles. The number of ether oxygens (including phenoxy) is 1. The minimum absolute atomic E-state index is 0.00474. The third kappa shape index (κ3) is 3.76. The lowest BCUT2D eigenvalue weighted by atomic mass is 9.86. The quantitative estimate of drug-likeness (QED) is 0.459. The Labute approximate surface area is 198 Å². The molecule has 7 nitrogen and oxygen atoms in total. The van der Waals surface area contributed by atoms with E-state index in [4.69, 9.17) is 4.74 Å². The first kappa shape index (κ1) is 21.0. The number of carbonyl (C=O) groups excluding carboxylic acids is 1.